The topological polar surface area (TPSA) is 50.8 Å². The number of rotatable bonds is 6. The summed E-state index contributed by atoms with van der Waals surface area (Å²) < 4.78 is 10.5. The number of nitrogens with one attached hydrogen (secondary N) is 1. The van der Waals surface area contributed by atoms with Gasteiger partial charge < -0.3 is 19.7 Å². The number of ether oxygens (including phenoxy) is 2. The van der Waals surface area contributed by atoms with Crippen molar-refractivity contribution in [1.82, 2.24) is 10.2 Å². The molecule has 0 saturated carbocycles. The SMILES string of the molecule is CCN(C(=O)/C=C/c1cc(OC)ccc1OC)C1CCNC1. The van der Waals surface area contributed by atoms with Crippen LogP contribution in [0.2, 0.25) is 0 Å². The molecular formula is C17H24N2O3. The van der Waals surface area contributed by atoms with Crippen molar-refractivity contribution in [2.45, 2.75) is 19.4 Å². The number of nitrogens with zero attached hydrogens (tertiary/aromatic N) is 1. The second-order valence-electron chi connectivity index (χ2n) is 5.21. The standard InChI is InChI=1S/C17H24N2O3/c1-4-19(14-9-10-18-12-14)17(20)8-5-13-11-15(21-2)6-7-16(13)22-3/h5-8,11,14,18H,4,9-10,12H2,1-3H3/b8-5+. The van der Waals surface area contributed by atoms with Gasteiger partial charge in [0.2, 0.25) is 5.91 Å². The van der Waals surface area contributed by atoms with E-state index in [2.05, 4.69) is 5.32 Å². The molecule has 0 aliphatic carbocycles. The molecular weight excluding hydrogens is 280 g/mol. The van der Waals surface area contributed by atoms with Crippen LogP contribution in [0.15, 0.2) is 24.3 Å². The summed E-state index contributed by atoms with van der Waals surface area (Å²) in [6.45, 7) is 4.57. The summed E-state index contributed by atoms with van der Waals surface area (Å²) in [5.41, 5.74) is 0.829. The van der Waals surface area contributed by atoms with Crippen LogP contribution in [0.1, 0.15) is 18.9 Å². The van der Waals surface area contributed by atoms with E-state index >= 15 is 0 Å². The van der Waals surface area contributed by atoms with E-state index < -0.39 is 0 Å². The van der Waals surface area contributed by atoms with Crippen LogP contribution in [0, 0.1) is 0 Å². The zero-order chi connectivity index (χ0) is 15.9. The molecule has 1 aromatic carbocycles. The van der Waals surface area contributed by atoms with Crippen molar-refractivity contribution in [3.63, 3.8) is 0 Å². The Kier molecular flexibility index (Phi) is 5.83. The van der Waals surface area contributed by atoms with E-state index in [4.69, 9.17) is 9.47 Å². The molecule has 120 valence electrons. The summed E-state index contributed by atoms with van der Waals surface area (Å²) in [7, 11) is 3.23. The summed E-state index contributed by atoms with van der Waals surface area (Å²) >= 11 is 0. The summed E-state index contributed by atoms with van der Waals surface area (Å²) in [6, 6.07) is 5.81. The van der Waals surface area contributed by atoms with Crippen molar-refractivity contribution < 1.29 is 14.3 Å². The highest BCUT2D eigenvalue weighted by atomic mass is 16.5. The molecule has 1 unspecified atom stereocenters. The largest absolute Gasteiger partial charge is 0.497 e. The third kappa shape index (κ3) is 3.80. The highest BCUT2D eigenvalue weighted by Crippen LogP contribution is 2.25. The molecule has 0 bridgehead atoms. The fourth-order valence-electron chi connectivity index (χ4n) is 2.73. The number of hydrogen-bond acceptors (Lipinski definition) is 4. The fourth-order valence-corrected chi connectivity index (χ4v) is 2.73. The highest BCUT2D eigenvalue weighted by Gasteiger charge is 2.23. The van der Waals surface area contributed by atoms with Gasteiger partial charge in [0.15, 0.2) is 0 Å². The predicted molar refractivity (Wildman–Crippen MR) is 87.2 cm³/mol. The Morgan fingerprint density at radius 1 is 1.41 bits per heavy atom. The van der Waals surface area contributed by atoms with Crippen molar-refractivity contribution >= 4 is 12.0 Å². The van der Waals surface area contributed by atoms with Gasteiger partial charge in [-0.3, -0.25) is 4.79 Å². The minimum atomic E-state index is 0.0288. The minimum absolute atomic E-state index is 0.0288. The number of benzene rings is 1. The summed E-state index contributed by atoms with van der Waals surface area (Å²) in [5.74, 6) is 1.48. The maximum atomic E-state index is 12.4. The van der Waals surface area contributed by atoms with Gasteiger partial charge in [0, 0.05) is 30.8 Å². The molecule has 2 rings (SSSR count). The van der Waals surface area contributed by atoms with Crippen molar-refractivity contribution in [3.05, 3.63) is 29.8 Å². The van der Waals surface area contributed by atoms with Crippen LogP contribution < -0.4 is 14.8 Å². The van der Waals surface area contributed by atoms with Crippen LogP contribution >= 0.6 is 0 Å². The molecule has 1 aromatic rings. The van der Waals surface area contributed by atoms with Gasteiger partial charge in [-0.15, -0.1) is 0 Å². The van der Waals surface area contributed by atoms with Crippen molar-refractivity contribution in [3.8, 4) is 11.5 Å². The lowest BCUT2D eigenvalue weighted by Gasteiger charge is -2.25. The van der Waals surface area contributed by atoms with E-state index in [1.54, 1.807) is 26.4 Å². The second kappa shape index (κ2) is 7.84. The Balaban J connectivity index is 2.14. The molecule has 1 aliphatic rings. The van der Waals surface area contributed by atoms with E-state index in [0.717, 1.165) is 36.6 Å². The molecule has 1 aliphatic heterocycles. The number of carbonyl (C=O) groups is 1. The van der Waals surface area contributed by atoms with Crippen molar-refractivity contribution in [2.75, 3.05) is 33.9 Å². The first-order valence-electron chi connectivity index (χ1n) is 7.61. The Hall–Kier alpha value is -2.01. The molecule has 1 fully saturated rings. The normalized spacial score (nSPS) is 17.7. The Bertz CT molecular complexity index is 537. The fraction of sp³-hybridized carbons (Fsp3) is 0.471. The maximum Gasteiger partial charge on any atom is 0.246 e. The monoisotopic (exact) mass is 304 g/mol. The molecule has 1 amide bonds. The lowest BCUT2D eigenvalue weighted by Crippen LogP contribution is -2.40. The minimum Gasteiger partial charge on any atom is -0.497 e. The van der Waals surface area contributed by atoms with Crippen LogP contribution in [0.4, 0.5) is 0 Å². The van der Waals surface area contributed by atoms with Crippen LogP contribution in [-0.2, 0) is 4.79 Å². The smallest absolute Gasteiger partial charge is 0.246 e. The van der Waals surface area contributed by atoms with Crippen LogP contribution in [0.5, 0.6) is 11.5 Å². The van der Waals surface area contributed by atoms with Gasteiger partial charge in [0.25, 0.3) is 0 Å². The lowest BCUT2D eigenvalue weighted by atomic mass is 10.1. The zero-order valence-electron chi connectivity index (χ0n) is 13.5. The van der Waals surface area contributed by atoms with Gasteiger partial charge in [0.05, 0.1) is 14.2 Å². The average Bonchev–Trinajstić information content (AvgIpc) is 3.07. The van der Waals surface area contributed by atoms with E-state index in [-0.39, 0.29) is 11.9 Å². The molecule has 0 radical (unpaired) electrons. The molecule has 1 N–H and O–H groups in total. The third-order valence-corrected chi connectivity index (χ3v) is 3.94. The van der Waals surface area contributed by atoms with E-state index in [0.29, 0.717) is 6.54 Å². The molecule has 5 heteroatoms. The third-order valence-electron chi connectivity index (χ3n) is 3.94. The number of methoxy groups -OCH3 is 2. The van der Waals surface area contributed by atoms with Gasteiger partial charge in [-0.05, 0) is 44.2 Å². The van der Waals surface area contributed by atoms with E-state index in [1.165, 1.54) is 0 Å². The molecule has 0 aromatic heterocycles. The first-order chi connectivity index (χ1) is 10.7. The molecule has 22 heavy (non-hydrogen) atoms. The molecule has 0 spiro atoms. The maximum absolute atomic E-state index is 12.4. The van der Waals surface area contributed by atoms with Gasteiger partial charge in [-0.1, -0.05) is 0 Å². The molecule has 5 nitrogen and oxygen atoms in total. The predicted octanol–water partition coefficient (Wildman–Crippen LogP) is 1.93. The lowest BCUT2D eigenvalue weighted by molar-refractivity contribution is -0.127. The Morgan fingerprint density at radius 3 is 2.82 bits per heavy atom. The average molecular weight is 304 g/mol. The summed E-state index contributed by atoms with van der Waals surface area (Å²) in [4.78, 5) is 14.3. The molecule has 1 saturated heterocycles. The zero-order valence-corrected chi connectivity index (χ0v) is 13.5. The number of carbonyl (C=O) groups excluding carboxylic acids is 1. The number of likely N-dealkylation sites (N-methyl/N-ethyl adjacent to an activating group) is 1. The molecule has 1 heterocycles. The summed E-state index contributed by atoms with van der Waals surface area (Å²) in [5, 5.41) is 3.29. The van der Waals surface area contributed by atoms with Crippen LogP contribution in [-0.4, -0.2) is 50.7 Å². The van der Waals surface area contributed by atoms with Crippen LogP contribution in [0.3, 0.4) is 0 Å². The van der Waals surface area contributed by atoms with Crippen LogP contribution in [0.25, 0.3) is 6.08 Å². The van der Waals surface area contributed by atoms with E-state index in [1.807, 2.05) is 30.0 Å². The number of hydrogen-bond donors (Lipinski definition) is 1. The van der Waals surface area contributed by atoms with Crippen molar-refractivity contribution in [2.24, 2.45) is 0 Å². The molecule has 1 atom stereocenters. The van der Waals surface area contributed by atoms with E-state index in [9.17, 15) is 4.79 Å². The second-order valence-corrected chi connectivity index (χ2v) is 5.21. The Labute approximate surface area is 131 Å². The van der Waals surface area contributed by atoms with Gasteiger partial charge in [0.1, 0.15) is 11.5 Å². The summed E-state index contributed by atoms with van der Waals surface area (Å²) in [6.07, 6.45) is 4.41. The number of amides is 1. The van der Waals surface area contributed by atoms with Gasteiger partial charge >= 0.3 is 0 Å². The Morgan fingerprint density at radius 2 is 2.23 bits per heavy atom. The highest BCUT2D eigenvalue weighted by molar-refractivity contribution is 5.92. The van der Waals surface area contributed by atoms with Gasteiger partial charge in [-0.2, -0.15) is 0 Å². The van der Waals surface area contributed by atoms with Gasteiger partial charge in [-0.25, -0.2) is 0 Å². The first kappa shape index (κ1) is 16.4. The first-order valence-corrected chi connectivity index (χ1v) is 7.61. The quantitative estimate of drug-likeness (QED) is 0.816. The van der Waals surface area contributed by atoms with Crippen molar-refractivity contribution in [1.29, 1.82) is 0 Å².